The SMILES string of the molecule is Cc1ccc2nc3cc(N4CCOCC4)ccc3nc2c1. The number of hydrogen-bond acceptors (Lipinski definition) is 4. The largest absolute Gasteiger partial charge is 0.378 e. The van der Waals surface area contributed by atoms with E-state index in [1.807, 2.05) is 6.07 Å². The van der Waals surface area contributed by atoms with Crippen molar-refractivity contribution < 1.29 is 4.74 Å². The van der Waals surface area contributed by atoms with E-state index in [1.165, 1.54) is 11.3 Å². The monoisotopic (exact) mass is 279 g/mol. The summed E-state index contributed by atoms with van der Waals surface area (Å²) in [5.74, 6) is 0. The van der Waals surface area contributed by atoms with Gasteiger partial charge in [-0.05, 0) is 42.8 Å². The van der Waals surface area contributed by atoms with Crippen molar-refractivity contribution in [1.29, 1.82) is 0 Å². The maximum Gasteiger partial charge on any atom is 0.0915 e. The average molecular weight is 279 g/mol. The van der Waals surface area contributed by atoms with Crippen LogP contribution in [-0.4, -0.2) is 36.3 Å². The summed E-state index contributed by atoms with van der Waals surface area (Å²) in [5, 5.41) is 0. The Morgan fingerprint density at radius 3 is 2.29 bits per heavy atom. The van der Waals surface area contributed by atoms with Gasteiger partial charge in [0.05, 0.1) is 35.3 Å². The second kappa shape index (κ2) is 4.97. The van der Waals surface area contributed by atoms with Crippen LogP contribution in [0.3, 0.4) is 0 Å². The minimum Gasteiger partial charge on any atom is -0.378 e. The minimum absolute atomic E-state index is 0.792. The van der Waals surface area contributed by atoms with E-state index >= 15 is 0 Å². The third-order valence-corrected chi connectivity index (χ3v) is 3.95. The first-order valence-electron chi connectivity index (χ1n) is 7.30. The number of aryl methyl sites for hydroxylation is 1. The molecular formula is C17H17N3O. The Kier molecular flexibility index (Phi) is 2.97. The molecule has 0 radical (unpaired) electrons. The number of hydrogen-bond donors (Lipinski definition) is 0. The van der Waals surface area contributed by atoms with Gasteiger partial charge in [0.2, 0.25) is 0 Å². The number of morpholine rings is 1. The van der Waals surface area contributed by atoms with Crippen LogP contribution in [-0.2, 0) is 4.74 Å². The number of aromatic nitrogens is 2. The molecule has 1 saturated heterocycles. The molecule has 4 heteroatoms. The summed E-state index contributed by atoms with van der Waals surface area (Å²) in [6, 6.07) is 12.5. The molecule has 0 bridgehead atoms. The van der Waals surface area contributed by atoms with Crippen molar-refractivity contribution in [3.63, 3.8) is 0 Å². The summed E-state index contributed by atoms with van der Waals surface area (Å²) in [7, 11) is 0. The lowest BCUT2D eigenvalue weighted by Crippen LogP contribution is -2.36. The van der Waals surface area contributed by atoms with Crippen molar-refractivity contribution in [3.05, 3.63) is 42.0 Å². The number of benzene rings is 2. The van der Waals surface area contributed by atoms with Gasteiger partial charge < -0.3 is 9.64 Å². The molecule has 1 aliphatic rings. The van der Waals surface area contributed by atoms with E-state index in [0.29, 0.717) is 0 Å². The van der Waals surface area contributed by atoms with Crippen LogP contribution in [0.15, 0.2) is 36.4 Å². The quantitative estimate of drug-likeness (QED) is 0.642. The molecule has 4 rings (SSSR count). The van der Waals surface area contributed by atoms with Crippen molar-refractivity contribution in [2.75, 3.05) is 31.2 Å². The predicted molar refractivity (Wildman–Crippen MR) is 84.8 cm³/mol. The molecule has 2 heterocycles. The highest BCUT2D eigenvalue weighted by Crippen LogP contribution is 2.23. The van der Waals surface area contributed by atoms with E-state index in [1.54, 1.807) is 0 Å². The highest BCUT2D eigenvalue weighted by atomic mass is 16.5. The smallest absolute Gasteiger partial charge is 0.0915 e. The van der Waals surface area contributed by atoms with Gasteiger partial charge in [-0.25, -0.2) is 9.97 Å². The molecule has 106 valence electrons. The first-order chi connectivity index (χ1) is 10.3. The van der Waals surface area contributed by atoms with Gasteiger partial charge in [-0.3, -0.25) is 0 Å². The second-order valence-electron chi connectivity index (χ2n) is 5.49. The highest BCUT2D eigenvalue weighted by molar-refractivity contribution is 5.88. The summed E-state index contributed by atoms with van der Waals surface area (Å²) in [6.45, 7) is 5.53. The van der Waals surface area contributed by atoms with E-state index < -0.39 is 0 Å². The summed E-state index contributed by atoms with van der Waals surface area (Å²) in [5.41, 5.74) is 6.22. The van der Waals surface area contributed by atoms with E-state index in [-0.39, 0.29) is 0 Å². The predicted octanol–water partition coefficient (Wildman–Crippen LogP) is 2.93. The van der Waals surface area contributed by atoms with Crippen LogP contribution >= 0.6 is 0 Å². The Hall–Kier alpha value is -2.20. The lowest BCUT2D eigenvalue weighted by molar-refractivity contribution is 0.122. The van der Waals surface area contributed by atoms with Crippen LogP contribution in [0.2, 0.25) is 0 Å². The van der Waals surface area contributed by atoms with Crippen LogP contribution in [0.25, 0.3) is 22.1 Å². The molecular weight excluding hydrogens is 262 g/mol. The Morgan fingerprint density at radius 2 is 1.52 bits per heavy atom. The fourth-order valence-electron chi connectivity index (χ4n) is 2.79. The molecule has 0 amide bonds. The third-order valence-electron chi connectivity index (χ3n) is 3.95. The summed E-state index contributed by atoms with van der Waals surface area (Å²) in [6.07, 6.45) is 0. The Morgan fingerprint density at radius 1 is 0.857 bits per heavy atom. The van der Waals surface area contributed by atoms with Crippen molar-refractivity contribution in [2.45, 2.75) is 6.92 Å². The minimum atomic E-state index is 0.792. The van der Waals surface area contributed by atoms with Crippen molar-refractivity contribution in [3.8, 4) is 0 Å². The molecule has 2 aromatic carbocycles. The zero-order chi connectivity index (χ0) is 14.2. The Balaban J connectivity index is 1.82. The lowest BCUT2D eigenvalue weighted by atomic mass is 10.2. The maximum absolute atomic E-state index is 5.41. The van der Waals surface area contributed by atoms with Crippen molar-refractivity contribution in [1.82, 2.24) is 9.97 Å². The van der Waals surface area contributed by atoms with E-state index in [9.17, 15) is 0 Å². The molecule has 3 aromatic rings. The molecule has 21 heavy (non-hydrogen) atoms. The standard InChI is InChI=1S/C17H17N3O/c1-12-2-4-14-16(10-12)18-15-5-3-13(11-17(15)19-14)20-6-8-21-9-7-20/h2-5,10-11H,6-9H2,1H3. The normalized spacial score (nSPS) is 15.8. The van der Waals surface area contributed by atoms with Gasteiger partial charge >= 0.3 is 0 Å². The van der Waals surface area contributed by atoms with Crippen LogP contribution < -0.4 is 4.90 Å². The molecule has 0 aliphatic carbocycles. The molecule has 4 nitrogen and oxygen atoms in total. The van der Waals surface area contributed by atoms with Crippen LogP contribution in [0.5, 0.6) is 0 Å². The zero-order valence-corrected chi connectivity index (χ0v) is 12.0. The molecule has 0 atom stereocenters. The molecule has 0 unspecified atom stereocenters. The van der Waals surface area contributed by atoms with E-state index in [2.05, 4.69) is 42.2 Å². The average Bonchev–Trinajstić information content (AvgIpc) is 2.53. The van der Waals surface area contributed by atoms with Gasteiger partial charge in [-0.15, -0.1) is 0 Å². The van der Waals surface area contributed by atoms with Crippen molar-refractivity contribution >= 4 is 27.8 Å². The van der Waals surface area contributed by atoms with Gasteiger partial charge in [-0.2, -0.15) is 0 Å². The number of nitrogens with zero attached hydrogens (tertiary/aromatic N) is 3. The van der Waals surface area contributed by atoms with E-state index in [4.69, 9.17) is 14.7 Å². The summed E-state index contributed by atoms with van der Waals surface area (Å²) >= 11 is 0. The molecule has 0 saturated carbocycles. The van der Waals surface area contributed by atoms with Crippen molar-refractivity contribution in [2.24, 2.45) is 0 Å². The number of rotatable bonds is 1. The molecule has 0 N–H and O–H groups in total. The van der Waals surface area contributed by atoms with E-state index in [0.717, 1.165) is 48.4 Å². The second-order valence-corrected chi connectivity index (χ2v) is 5.49. The first-order valence-corrected chi connectivity index (χ1v) is 7.30. The molecule has 1 aromatic heterocycles. The van der Waals surface area contributed by atoms with Crippen LogP contribution in [0.4, 0.5) is 5.69 Å². The molecule has 0 spiro atoms. The topological polar surface area (TPSA) is 38.2 Å². The lowest BCUT2D eigenvalue weighted by Gasteiger charge is -2.28. The number of fused-ring (bicyclic) bond motifs is 2. The fourth-order valence-corrected chi connectivity index (χ4v) is 2.79. The van der Waals surface area contributed by atoms with Crippen LogP contribution in [0, 0.1) is 6.92 Å². The number of anilines is 1. The van der Waals surface area contributed by atoms with Gasteiger partial charge in [0.1, 0.15) is 0 Å². The van der Waals surface area contributed by atoms with Gasteiger partial charge in [0.25, 0.3) is 0 Å². The highest BCUT2D eigenvalue weighted by Gasteiger charge is 2.12. The Bertz CT molecular complexity index is 810. The zero-order valence-electron chi connectivity index (χ0n) is 12.0. The maximum atomic E-state index is 5.41. The third kappa shape index (κ3) is 2.32. The Labute approximate surface area is 123 Å². The van der Waals surface area contributed by atoms with Crippen LogP contribution in [0.1, 0.15) is 5.56 Å². The van der Waals surface area contributed by atoms with Gasteiger partial charge in [-0.1, -0.05) is 6.07 Å². The van der Waals surface area contributed by atoms with Gasteiger partial charge in [0, 0.05) is 18.8 Å². The van der Waals surface area contributed by atoms with Gasteiger partial charge in [0.15, 0.2) is 0 Å². The molecule has 1 fully saturated rings. The molecule has 1 aliphatic heterocycles. The fraction of sp³-hybridized carbons (Fsp3) is 0.294. The summed E-state index contributed by atoms with van der Waals surface area (Å²) in [4.78, 5) is 11.8. The summed E-state index contributed by atoms with van der Waals surface area (Å²) < 4.78 is 5.41. The first kappa shape index (κ1) is 12.5. The number of ether oxygens (including phenoxy) is 1.